The lowest BCUT2D eigenvalue weighted by Crippen LogP contribution is -2.57. The largest absolute Gasteiger partial charge is 0.508 e. The van der Waals surface area contributed by atoms with Gasteiger partial charge in [0.1, 0.15) is 25.1 Å². The summed E-state index contributed by atoms with van der Waals surface area (Å²) in [7, 11) is -4.52. The molecule has 0 aromatic heterocycles. The van der Waals surface area contributed by atoms with Gasteiger partial charge in [-0.1, -0.05) is 80.2 Å². The van der Waals surface area contributed by atoms with Gasteiger partial charge in [-0.15, -0.1) is 0 Å². The highest BCUT2D eigenvalue weighted by Gasteiger charge is 2.64. The smallest absolute Gasteiger partial charge is 0.434 e. The summed E-state index contributed by atoms with van der Waals surface area (Å²) in [6.45, 7) is 29.3. The number of aldehydes is 1. The molecule has 0 saturated carbocycles. The zero-order valence-corrected chi connectivity index (χ0v) is 29.4. The van der Waals surface area contributed by atoms with E-state index in [4.69, 9.17) is 23.1 Å². The Bertz CT molecular complexity index is 841. The maximum Gasteiger partial charge on any atom is 0.508 e. The van der Waals surface area contributed by atoms with Crippen molar-refractivity contribution < 1.29 is 32.7 Å². The predicted octanol–water partition coefficient (Wildman–Crippen LogP) is 7.93. The molecular formula is C31H58O7Si2. The van der Waals surface area contributed by atoms with Gasteiger partial charge < -0.3 is 27.9 Å². The third-order valence-corrected chi connectivity index (χ3v) is 18.3. The predicted molar refractivity (Wildman–Crippen MR) is 168 cm³/mol. The highest BCUT2D eigenvalue weighted by atomic mass is 28.4. The molecule has 7 nitrogen and oxygen atoms in total. The van der Waals surface area contributed by atoms with E-state index in [0.717, 1.165) is 24.4 Å². The zero-order valence-electron chi connectivity index (χ0n) is 27.4. The van der Waals surface area contributed by atoms with E-state index < -0.39 is 52.4 Å². The molecule has 40 heavy (non-hydrogen) atoms. The lowest BCUT2D eigenvalue weighted by molar-refractivity contribution is -0.117. The lowest BCUT2D eigenvalue weighted by Gasteiger charge is -2.46. The monoisotopic (exact) mass is 598 g/mol. The van der Waals surface area contributed by atoms with Crippen molar-refractivity contribution in [1.29, 1.82) is 0 Å². The minimum atomic E-state index is -2.35. The Balaban J connectivity index is 3.76. The molecule has 0 unspecified atom stereocenters. The number of ether oxygens (including phenoxy) is 3. The second kappa shape index (κ2) is 15.3. The van der Waals surface area contributed by atoms with Gasteiger partial charge in [-0.05, 0) is 50.1 Å². The summed E-state index contributed by atoms with van der Waals surface area (Å²) in [5.74, 6) is -0.721. The molecule has 1 aliphatic rings. The van der Waals surface area contributed by atoms with Crippen LogP contribution in [0.1, 0.15) is 69.2 Å². The van der Waals surface area contributed by atoms with Crippen LogP contribution in [0.4, 0.5) is 4.79 Å². The van der Waals surface area contributed by atoms with Gasteiger partial charge in [0.05, 0.1) is 18.3 Å². The van der Waals surface area contributed by atoms with Crippen LogP contribution in [-0.4, -0.2) is 66.2 Å². The molecule has 0 aromatic carbocycles. The van der Waals surface area contributed by atoms with Crippen LogP contribution < -0.4 is 0 Å². The van der Waals surface area contributed by atoms with Crippen LogP contribution in [-0.2, 0) is 27.9 Å². The Kier molecular flexibility index (Phi) is 14.0. The summed E-state index contributed by atoms with van der Waals surface area (Å²) in [4.78, 5) is 24.9. The van der Waals surface area contributed by atoms with Gasteiger partial charge in [0.15, 0.2) is 16.6 Å². The summed E-state index contributed by atoms with van der Waals surface area (Å²) in [6.07, 6.45) is 4.80. The fourth-order valence-electron chi connectivity index (χ4n) is 5.26. The molecule has 0 N–H and O–H groups in total. The molecule has 1 aliphatic heterocycles. The maximum absolute atomic E-state index is 12.5. The normalized spacial score (nSPS) is 23.6. The zero-order chi connectivity index (χ0) is 30.9. The first-order chi connectivity index (χ1) is 18.5. The van der Waals surface area contributed by atoms with Crippen LogP contribution in [0.15, 0.2) is 24.8 Å². The van der Waals surface area contributed by atoms with Gasteiger partial charge >= 0.3 is 6.16 Å². The molecule has 0 amide bonds. The van der Waals surface area contributed by atoms with Gasteiger partial charge in [-0.25, -0.2) is 4.79 Å². The topological polar surface area (TPSA) is 83.6 Å². The molecule has 9 heteroatoms. The molecule has 0 spiro atoms. The Morgan fingerprint density at radius 3 is 2.10 bits per heavy atom. The Labute approximate surface area is 246 Å². The maximum atomic E-state index is 12.5. The van der Waals surface area contributed by atoms with Crippen molar-refractivity contribution in [3.05, 3.63) is 24.8 Å². The molecule has 7 atom stereocenters. The second-order valence-electron chi connectivity index (χ2n) is 13.1. The number of allylic oxidation sites excluding steroid dienone is 1. The third-order valence-electron chi connectivity index (χ3n) is 9.23. The van der Waals surface area contributed by atoms with Crippen molar-refractivity contribution >= 4 is 29.1 Å². The van der Waals surface area contributed by atoms with E-state index in [0.29, 0.717) is 0 Å². The second-order valence-corrected chi connectivity index (χ2v) is 22.5. The summed E-state index contributed by atoms with van der Waals surface area (Å²) >= 11 is 0. The Hall–Kier alpha value is -1.27. The number of carbonyl (C=O) groups is 2. The van der Waals surface area contributed by atoms with Crippen LogP contribution >= 0.6 is 0 Å². The van der Waals surface area contributed by atoms with E-state index in [1.54, 1.807) is 0 Å². The molecule has 0 aromatic rings. The number of carbonyl (C=O) groups excluding carboxylic acids is 2. The minimum Gasteiger partial charge on any atom is -0.434 e. The molecule has 0 bridgehead atoms. The first kappa shape index (κ1) is 36.8. The van der Waals surface area contributed by atoms with Crippen LogP contribution in [0.2, 0.25) is 36.3 Å². The quantitative estimate of drug-likeness (QED) is 0.0521. The van der Waals surface area contributed by atoms with E-state index in [1.807, 2.05) is 19.9 Å². The first-order valence-electron chi connectivity index (χ1n) is 15.0. The number of hydrogen-bond donors (Lipinski definition) is 0. The molecule has 0 radical (unpaired) electrons. The SMILES string of the molecule is C=CCOC(=O)OC[C@@H]([C@@H](O[Si](CC)(CC)CC)[C@H](C)C=O)[C@H](O[Si](C)(C)C(C)(C)C)[C@@]1(C)O[C@@H]1[C@@H](C)/C=C\C. The van der Waals surface area contributed by atoms with Crippen molar-refractivity contribution in [3.8, 4) is 0 Å². The van der Waals surface area contributed by atoms with Crippen LogP contribution in [0.25, 0.3) is 0 Å². The Morgan fingerprint density at radius 2 is 1.65 bits per heavy atom. The minimum absolute atomic E-state index is 0.0105. The lowest BCUT2D eigenvalue weighted by atomic mass is 9.80. The summed E-state index contributed by atoms with van der Waals surface area (Å²) in [5, 5.41) is -0.0728. The van der Waals surface area contributed by atoms with E-state index >= 15 is 0 Å². The number of hydrogen-bond acceptors (Lipinski definition) is 7. The number of epoxide rings is 1. The van der Waals surface area contributed by atoms with Crippen molar-refractivity contribution in [2.75, 3.05) is 13.2 Å². The average molecular weight is 599 g/mol. The van der Waals surface area contributed by atoms with E-state index in [-0.39, 0.29) is 30.3 Å². The summed E-state index contributed by atoms with van der Waals surface area (Å²) in [6, 6.07) is 2.79. The van der Waals surface area contributed by atoms with Gasteiger partial charge in [-0.3, -0.25) is 0 Å². The fourth-order valence-corrected chi connectivity index (χ4v) is 9.63. The number of rotatable bonds is 18. The molecular weight excluding hydrogens is 541 g/mol. The van der Waals surface area contributed by atoms with E-state index in [1.165, 1.54) is 6.08 Å². The highest BCUT2D eigenvalue weighted by Crippen LogP contribution is 2.51. The molecule has 1 fully saturated rings. The Morgan fingerprint density at radius 1 is 1.07 bits per heavy atom. The highest BCUT2D eigenvalue weighted by molar-refractivity contribution is 6.74. The molecule has 1 heterocycles. The van der Waals surface area contributed by atoms with Gasteiger partial charge in [0, 0.05) is 17.8 Å². The van der Waals surface area contributed by atoms with Gasteiger partial charge in [-0.2, -0.15) is 0 Å². The first-order valence-corrected chi connectivity index (χ1v) is 20.5. The average Bonchev–Trinajstić information content (AvgIpc) is 3.60. The molecule has 0 aliphatic carbocycles. The van der Waals surface area contributed by atoms with Gasteiger partial charge in [0.25, 0.3) is 0 Å². The molecule has 232 valence electrons. The summed E-state index contributed by atoms with van der Waals surface area (Å²) < 4.78 is 31.7. The third kappa shape index (κ3) is 9.12. The van der Waals surface area contributed by atoms with Crippen LogP contribution in [0, 0.1) is 17.8 Å². The van der Waals surface area contributed by atoms with Crippen molar-refractivity contribution in [3.63, 3.8) is 0 Å². The standard InChI is InChI=1S/C31H58O7Si2/c1-14-19-23(6)27-31(11,36-27)28(38-39(12,13)30(8,9)10)25(22-35-29(33)34-20-15-2)26(24(7)21-32)37-40(16-3,17-4)18-5/h14-15,19,21,23-28H,2,16-18,20,22H2,1,3-13H3/b19-14-/t23-,24+,25-,26-,27+,28-,31-/m0/s1. The molecule has 1 saturated heterocycles. The van der Waals surface area contributed by atoms with Crippen LogP contribution in [0.3, 0.4) is 0 Å². The van der Waals surface area contributed by atoms with E-state index in [9.17, 15) is 9.59 Å². The summed E-state index contributed by atoms with van der Waals surface area (Å²) in [5.41, 5.74) is -0.646. The molecule has 1 rings (SSSR count). The van der Waals surface area contributed by atoms with E-state index in [2.05, 4.69) is 81.1 Å². The van der Waals surface area contributed by atoms with Crippen molar-refractivity contribution in [1.82, 2.24) is 0 Å². The fraction of sp³-hybridized carbons (Fsp3) is 0.806. The van der Waals surface area contributed by atoms with Crippen molar-refractivity contribution in [2.24, 2.45) is 17.8 Å². The van der Waals surface area contributed by atoms with Crippen LogP contribution in [0.5, 0.6) is 0 Å². The van der Waals surface area contributed by atoms with Gasteiger partial charge in [0.2, 0.25) is 0 Å². The van der Waals surface area contributed by atoms with Crippen molar-refractivity contribution in [2.45, 2.75) is 129 Å².